The van der Waals surface area contributed by atoms with Crippen molar-refractivity contribution in [2.24, 2.45) is 0 Å². The van der Waals surface area contributed by atoms with E-state index in [0.29, 0.717) is 24.3 Å². The second-order valence-electron chi connectivity index (χ2n) is 5.79. The topological polar surface area (TPSA) is 62.3 Å². The van der Waals surface area contributed by atoms with Crippen LogP contribution < -0.4 is 5.32 Å². The fourth-order valence-electron chi connectivity index (χ4n) is 2.70. The van der Waals surface area contributed by atoms with E-state index in [1.807, 2.05) is 42.2 Å². The van der Waals surface area contributed by atoms with Crippen LogP contribution in [-0.2, 0) is 11.3 Å². The Kier molecular flexibility index (Phi) is 4.37. The lowest BCUT2D eigenvalue weighted by atomic mass is 10.1. The summed E-state index contributed by atoms with van der Waals surface area (Å²) in [7, 11) is 0. The van der Waals surface area contributed by atoms with Crippen LogP contribution in [0.25, 0.3) is 0 Å². The number of aryl methyl sites for hydroxylation is 1. The smallest absolute Gasteiger partial charge is 0.256 e. The largest absolute Gasteiger partial charge is 0.338 e. The quantitative estimate of drug-likeness (QED) is 0.944. The number of carbonyl (C=O) groups excluding carboxylic acids is 2. The summed E-state index contributed by atoms with van der Waals surface area (Å²) >= 11 is 0. The maximum Gasteiger partial charge on any atom is 0.256 e. The highest BCUT2D eigenvalue weighted by Crippen LogP contribution is 2.16. The molecule has 1 N–H and O–H groups in total. The molecule has 2 heterocycles. The molecule has 0 bridgehead atoms. The summed E-state index contributed by atoms with van der Waals surface area (Å²) in [5.41, 5.74) is 2.57. The van der Waals surface area contributed by atoms with Gasteiger partial charge in [-0.2, -0.15) is 0 Å². The van der Waals surface area contributed by atoms with Gasteiger partial charge in [0.2, 0.25) is 5.91 Å². The Morgan fingerprint density at radius 3 is 2.91 bits per heavy atom. The Labute approximate surface area is 135 Å². The van der Waals surface area contributed by atoms with E-state index in [2.05, 4.69) is 10.3 Å². The van der Waals surface area contributed by atoms with Gasteiger partial charge in [-0.05, 0) is 48.7 Å². The molecular weight excluding hydrogens is 290 g/mol. The molecule has 118 valence electrons. The van der Waals surface area contributed by atoms with Gasteiger partial charge in [0.15, 0.2) is 0 Å². The number of carbonyl (C=O) groups is 2. The van der Waals surface area contributed by atoms with E-state index in [-0.39, 0.29) is 11.8 Å². The summed E-state index contributed by atoms with van der Waals surface area (Å²) in [4.78, 5) is 30.0. The van der Waals surface area contributed by atoms with Crippen molar-refractivity contribution in [2.45, 2.75) is 26.3 Å². The monoisotopic (exact) mass is 309 g/mol. The molecule has 0 saturated carbocycles. The van der Waals surface area contributed by atoms with Crippen LogP contribution in [0.3, 0.4) is 0 Å². The number of hydrogen-bond acceptors (Lipinski definition) is 3. The zero-order valence-electron chi connectivity index (χ0n) is 13.1. The predicted molar refractivity (Wildman–Crippen MR) is 88.0 cm³/mol. The summed E-state index contributed by atoms with van der Waals surface area (Å²) in [6.07, 6.45) is 3.21. The summed E-state index contributed by atoms with van der Waals surface area (Å²) in [5, 5.41) is 2.80. The molecule has 0 unspecified atom stereocenters. The van der Waals surface area contributed by atoms with Crippen LogP contribution in [0.5, 0.6) is 0 Å². The van der Waals surface area contributed by atoms with Gasteiger partial charge in [-0.15, -0.1) is 0 Å². The molecule has 1 aliphatic heterocycles. The first-order valence-corrected chi connectivity index (χ1v) is 7.72. The van der Waals surface area contributed by atoms with Crippen molar-refractivity contribution < 1.29 is 9.59 Å². The molecule has 1 aromatic carbocycles. The number of pyridine rings is 1. The standard InChI is InChI=1S/C18H19N3O2/c1-13-7-8-19-16(10-13)20-18(23)15-5-2-4-14(11-15)12-21-9-3-6-17(21)22/h2,4-5,7-8,10-11H,3,6,9,12H2,1H3,(H,19,20,23). The Hall–Kier alpha value is -2.69. The molecule has 0 radical (unpaired) electrons. The van der Waals surface area contributed by atoms with E-state index in [0.717, 1.165) is 24.1 Å². The summed E-state index contributed by atoms with van der Waals surface area (Å²) < 4.78 is 0. The predicted octanol–water partition coefficient (Wildman–Crippen LogP) is 2.76. The van der Waals surface area contributed by atoms with E-state index in [1.54, 1.807) is 12.3 Å². The van der Waals surface area contributed by atoms with Gasteiger partial charge in [0, 0.05) is 31.3 Å². The second kappa shape index (κ2) is 6.60. The molecule has 23 heavy (non-hydrogen) atoms. The second-order valence-corrected chi connectivity index (χ2v) is 5.79. The SMILES string of the molecule is Cc1ccnc(NC(=O)c2cccc(CN3CCCC3=O)c2)c1. The minimum atomic E-state index is -0.197. The van der Waals surface area contributed by atoms with Crippen molar-refractivity contribution in [3.8, 4) is 0 Å². The molecule has 5 heteroatoms. The minimum absolute atomic E-state index is 0.184. The van der Waals surface area contributed by atoms with Gasteiger partial charge in [0.05, 0.1) is 0 Å². The Morgan fingerprint density at radius 1 is 1.30 bits per heavy atom. The number of benzene rings is 1. The number of aromatic nitrogens is 1. The summed E-state index contributed by atoms with van der Waals surface area (Å²) in [6.45, 7) is 3.30. The normalized spacial score (nSPS) is 14.1. The molecule has 1 saturated heterocycles. The number of nitrogens with zero attached hydrogens (tertiary/aromatic N) is 2. The fraction of sp³-hybridized carbons (Fsp3) is 0.278. The maximum atomic E-state index is 12.3. The van der Waals surface area contributed by atoms with Gasteiger partial charge in [0.25, 0.3) is 5.91 Å². The lowest BCUT2D eigenvalue weighted by Crippen LogP contribution is -2.24. The first-order valence-electron chi connectivity index (χ1n) is 7.72. The molecule has 2 aromatic rings. The van der Waals surface area contributed by atoms with Crippen LogP contribution in [0.15, 0.2) is 42.6 Å². The highest BCUT2D eigenvalue weighted by Gasteiger charge is 2.20. The van der Waals surface area contributed by atoms with E-state index in [1.165, 1.54) is 0 Å². The summed E-state index contributed by atoms with van der Waals surface area (Å²) in [6, 6.07) is 11.1. The first kappa shape index (κ1) is 15.2. The lowest BCUT2D eigenvalue weighted by Gasteiger charge is -2.16. The molecule has 1 aliphatic rings. The highest BCUT2D eigenvalue weighted by atomic mass is 16.2. The molecule has 0 aliphatic carbocycles. The van der Waals surface area contributed by atoms with Crippen LogP contribution in [0.1, 0.15) is 34.3 Å². The van der Waals surface area contributed by atoms with Gasteiger partial charge in [0.1, 0.15) is 5.82 Å². The molecule has 0 spiro atoms. The number of hydrogen-bond donors (Lipinski definition) is 1. The average molecular weight is 309 g/mol. The first-order chi connectivity index (χ1) is 11.1. The van der Waals surface area contributed by atoms with Crippen LogP contribution in [-0.4, -0.2) is 28.2 Å². The number of likely N-dealkylation sites (tertiary alicyclic amines) is 1. The van der Waals surface area contributed by atoms with Gasteiger partial charge < -0.3 is 10.2 Å². The van der Waals surface area contributed by atoms with Gasteiger partial charge >= 0.3 is 0 Å². The Morgan fingerprint density at radius 2 is 2.17 bits per heavy atom. The molecule has 1 aromatic heterocycles. The average Bonchev–Trinajstić information content (AvgIpc) is 2.93. The number of anilines is 1. The Balaban J connectivity index is 1.71. The van der Waals surface area contributed by atoms with Crippen molar-refractivity contribution in [3.63, 3.8) is 0 Å². The molecule has 5 nitrogen and oxygen atoms in total. The van der Waals surface area contributed by atoms with Crippen molar-refractivity contribution in [3.05, 3.63) is 59.3 Å². The van der Waals surface area contributed by atoms with E-state index < -0.39 is 0 Å². The van der Waals surface area contributed by atoms with Gasteiger partial charge in [-0.1, -0.05) is 12.1 Å². The maximum absolute atomic E-state index is 12.3. The van der Waals surface area contributed by atoms with Crippen molar-refractivity contribution in [2.75, 3.05) is 11.9 Å². The Bertz CT molecular complexity index is 743. The van der Waals surface area contributed by atoms with Crippen LogP contribution in [0.4, 0.5) is 5.82 Å². The van der Waals surface area contributed by atoms with E-state index >= 15 is 0 Å². The number of rotatable bonds is 4. The zero-order chi connectivity index (χ0) is 16.2. The highest BCUT2D eigenvalue weighted by molar-refractivity contribution is 6.03. The molecule has 2 amide bonds. The molecule has 1 fully saturated rings. The molecule has 0 atom stereocenters. The fourth-order valence-corrected chi connectivity index (χ4v) is 2.70. The van der Waals surface area contributed by atoms with Crippen LogP contribution in [0.2, 0.25) is 0 Å². The molecule has 3 rings (SSSR count). The van der Waals surface area contributed by atoms with E-state index in [4.69, 9.17) is 0 Å². The summed E-state index contributed by atoms with van der Waals surface area (Å²) in [5.74, 6) is 0.525. The molecular formula is C18H19N3O2. The van der Waals surface area contributed by atoms with E-state index in [9.17, 15) is 9.59 Å². The van der Waals surface area contributed by atoms with Crippen LogP contribution in [0, 0.1) is 6.92 Å². The third kappa shape index (κ3) is 3.74. The van der Waals surface area contributed by atoms with Crippen molar-refractivity contribution in [1.82, 2.24) is 9.88 Å². The number of nitrogens with one attached hydrogen (secondary N) is 1. The van der Waals surface area contributed by atoms with Crippen LogP contribution >= 0.6 is 0 Å². The third-order valence-electron chi connectivity index (χ3n) is 3.89. The zero-order valence-corrected chi connectivity index (χ0v) is 13.1. The van der Waals surface area contributed by atoms with Crippen molar-refractivity contribution in [1.29, 1.82) is 0 Å². The van der Waals surface area contributed by atoms with Gasteiger partial charge in [-0.25, -0.2) is 4.98 Å². The minimum Gasteiger partial charge on any atom is -0.338 e. The van der Waals surface area contributed by atoms with Gasteiger partial charge in [-0.3, -0.25) is 9.59 Å². The third-order valence-corrected chi connectivity index (χ3v) is 3.89. The van der Waals surface area contributed by atoms with Crippen molar-refractivity contribution >= 4 is 17.6 Å². The number of amides is 2. The lowest BCUT2D eigenvalue weighted by molar-refractivity contribution is -0.128.